The van der Waals surface area contributed by atoms with Gasteiger partial charge in [-0.15, -0.1) is 0 Å². The summed E-state index contributed by atoms with van der Waals surface area (Å²) in [5, 5.41) is 2.44. The van der Waals surface area contributed by atoms with Gasteiger partial charge in [0.1, 0.15) is 6.42 Å². The zero-order chi connectivity index (χ0) is 9.56. The Morgan fingerprint density at radius 2 is 2.07 bits per heavy atom. The van der Waals surface area contributed by atoms with Crippen molar-refractivity contribution in [2.24, 2.45) is 0 Å². The molecule has 0 fully saturated rings. The van der Waals surface area contributed by atoms with Crippen LogP contribution in [0.15, 0.2) is 0 Å². The van der Waals surface area contributed by atoms with Crippen molar-refractivity contribution in [3.63, 3.8) is 0 Å². The molecule has 1 amide bonds. The van der Waals surface area contributed by atoms with E-state index in [0.29, 0.717) is 0 Å². The predicted molar refractivity (Wildman–Crippen MR) is 47.8 cm³/mol. The summed E-state index contributed by atoms with van der Waals surface area (Å²) in [6.45, 7) is 3.18. The van der Waals surface area contributed by atoms with Crippen LogP contribution in [0.5, 0.6) is 0 Å². The van der Waals surface area contributed by atoms with Crippen molar-refractivity contribution < 1.29 is 52.8 Å². The summed E-state index contributed by atoms with van der Waals surface area (Å²) in [6.07, 6.45) is 0.0101. The van der Waals surface area contributed by atoms with E-state index in [-0.39, 0.29) is 52.5 Å². The number of hydrogen-bond acceptors (Lipinski definition) is 3. The summed E-state index contributed by atoms with van der Waals surface area (Å²) < 4.78 is 4.38. The van der Waals surface area contributed by atoms with Gasteiger partial charge in [0, 0.05) is 32.7 Å². The summed E-state index contributed by atoms with van der Waals surface area (Å²) in [5.74, 6) is -0.704. The maximum atomic E-state index is 11.0. The van der Waals surface area contributed by atoms with Gasteiger partial charge in [-0.3, -0.25) is 9.59 Å². The normalized spacial score (nSPS) is 10.2. The predicted octanol–water partition coefficient (Wildman–Crippen LogP) is -1.09. The minimum atomic E-state index is -0.589. The second-order valence-corrected chi connectivity index (χ2v) is 2.27. The molecule has 1 unspecified atom stereocenters. The first-order chi connectivity index (χ1) is 5.61. The van der Waals surface area contributed by atoms with Gasteiger partial charge in [-0.05, 0) is 0 Å². The number of methoxy groups -OCH3 is 1. The van der Waals surface area contributed by atoms with Gasteiger partial charge in [-0.25, -0.2) is 6.54 Å². The van der Waals surface area contributed by atoms with E-state index in [1.165, 1.54) is 13.7 Å². The van der Waals surface area contributed by atoms with Crippen molar-refractivity contribution in [3.05, 3.63) is 14.0 Å². The zero-order valence-corrected chi connectivity index (χ0v) is 11.7. The van der Waals surface area contributed by atoms with E-state index >= 15 is 0 Å². The molecule has 0 aliphatic rings. The van der Waals surface area contributed by atoms with Gasteiger partial charge < -0.3 is 23.2 Å². The molecule has 4 N–H and O–H groups in total. The topological polar surface area (TPSA) is 83.0 Å². The summed E-state index contributed by atoms with van der Waals surface area (Å²) in [7, 11) is 1.28. The molecule has 0 rings (SSSR count). The average molecular weight is 278 g/mol. The number of carbonyl (C=O) groups is 2. The molecule has 0 aromatic carbocycles. The Morgan fingerprint density at radius 1 is 1.57 bits per heavy atom. The van der Waals surface area contributed by atoms with E-state index < -0.39 is 12.0 Å². The van der Waals surface area contributed by atoms with Crippen molar-refractivity contribution >= 4 is 11.9 Å². The fourth-order valence-electron chi connectivity index (χ4n) is 0.637. The van der Waals surface area contributed by atoms with Gasteiger partial charge in [0.2, 0.25) is 5.91 Å². The first-order valence-electron chi connectivity index (χ1n) is 3.60. The van der Waals surface area contributed by atoms with Crippen LogP contribution in [0.4, 0.5) is 0 Å². The molecule has 0 spiro atoms. The molecule has 14 heavy (non-hydrogen) atoms. The molecule has 0 aliphatic carbocycles. The smallest absolute Gasteiger partial charge is 0.312 e. The van der Waals surface area contributed by atoms with Gasteiger partial charge in [0.15, 0.2) is 6.04 Å². The van der Waals surface area contributed by atoms with Crippen LogP contribution in [-0.2, 0) is 47.0 Å². The van der Waals surface area contributed by atoms with Crippen molar-refractivity contribution in [1.82, 2.24) is 5.32 Å². The molecule has 81 valence electrons. The Bertz CT molecular complexity index is 176. The molecule has 0 heterocycles. The minimum Gasteiger partial charge on any atom is -0.501 e. The molecule has 1 atom stereocenters. The van der Waals surface area contributed by atoms with Crippen molar-refractivity contribution in [2.45, 2.75) is 19.4 Å². The van der Waals surface area contributed by atoms with Crippen LogP contribution in [0, 0.1) is 14.0 Å². The van der Waals surface area contributed by atoms with Crippen LogP contribution < -0.4 is 11.1 Å². The number of esters is 1. The van der Waals surface area contributed by atoms with Crippen molar-refractivity contribution in [1.29, 1.82) is 0 Å². The van der Waals surface area contributed by atoms with Gasteiger partial charge in [-0.2, -0.15) is 6.92 Å². The van der Waals surface area contributed by atoms with Crippen LogP contribution >= 0.6 is 0 Å². The van der Waals surface area contributed by atoms with E-state index in [2.05, 4.69) is 15.8 Å². The fraction of sp³-hybridized carbons (Fsp3) is 0.500. The number of rotatable bonds is 4. The third-order valence-corrected chi connectivity index (χ3v) is 1.30. The molecule has 1 radical (unpaired) electrons. The molecular formula is C8H17N2O3Y-. The molecule has 0 aromatic rings. The number of amides is 1. The van der Waals surface area contributed by atoms with Crippen molar-refractivity contribution in [2.75, 3.05) is 7.11 Å². The van der Waals surface area contributed by atoms with Crippen LogP contribution in [0.2, 0.25) is 0 Å². The van der Waals surface area contributed by atoms with Crippen LogP contribution in [0.1, 0.15) is 13.3 Å². The SMILES string of the molecule is C[CH-]NC(=O)C([NH3+])CC(=O)OC.[CH3-].[Y]. The molecule has 0 saturated carbocycles. The number of quaternary nitrogens is 1. The molecule has 0 aromatic heterocycles. The maximum Gasteiger partial charge on any atom is 0.312 e. The number of hydrogen-bond donors (Lipinski definition) is 2. The monoisotopic (exact) mass is 278 g/mol. The Labute approximate surface area is 110 Å². The molecular weight excluding hydrogens is 261 g/mol. The molecule has 0 aliphatic heterocycles. The molecule has 5 nitrogen and oxygen atoms in total. The third-order valence-electron chi connectivity index (χ3n) is 1.30. The minimum absolute atomic E-state index is 0. The van der Waals surface area contributed by atoms with Crippen LogP contribution in [0.3, 0.4) is 0 Å². The second-order valence-electron chi connectivity index (χ2n) is 2.27. The Balaban J connectivity index is -0.000000605. The summed E-state index contributed by atoms with van der Waals surface area (Å²) in [4.78, 5) is 21.7. The first-order valence-corrected chi connectivity index (χ1v) is 3.60. The van der Waals surface area contributed by atoms with Gasteiger partial charge in [0.25, 0.3) is 0 Å². The van der Waals surface area contributed by atoms with Gasteiger partial charge in [0.05, 0.1) is 7.11 Å². The number of ether oxygens (including phenoxy) is 1. The molecule has 0 saturated heterocycles. The second kappa shape index (κ2) is 11.1. The van der Waals surface area contributed by atoms with E-state index in [4.69, 9.17) is 0 Å². The fourth-order valence-corrected chi connectivity index (χ4v) is 0.637. The Hall–Kier alpha value is 0.00390. The summed E-state index contributed by atoms with van der Waals surface area (Å²) in [6, 6.07) is -0.589. The Kier molecular flexibility index (Phi) is 15.5. The van der Waals surface area contributed by atoms with Crippen molar-refractivity contribution in [3.8, 4) is 0 Å². The average Bonchev–Trinajstić information content (AvgIpc) is 2.04. The molecule has 6 heteroatoms. The largest absolute Gasteiger partial charge is 0.501 e. The standard InChI is InChI=1S/C7H13N2O3.CH3.Y/c1-3-9-7(11)5(8)4-6(10)12-2;;/h3,5H,4,8H2,1-2H3,(H,9,11);1H3;/q2*-1;/p+1. The summed E-state index contributed by atoms with van der Waals surface area (Å²) in [5.41, 5.74) is 3.51. The zero-order valence-electron chi connectivity index (χ0n) is 8.87. The number of carbonyl (C=O) groups excluding carboxylic acids is 2. The molecule has 0 bridgehead atoms. The number of nitrogens with one attached hydrogen (secondary N) is 1. The van der Waals surface area contributed by atoms with Gasteiger partial charge >= 0.3 is 5.97 Å². The third kappa shape index (κ3) is 8.60. The van der Waals surface area contributed by atoms with E-state index in [1.807, 2.05) is 0 Å². The van der Waals surface area contributed by atoms with Gasteiger partial charge in [-0.1, -0.05) is 0 Å². The summed E-state index contributed by atoms with van der Waals surface area (Å²) >= 11 is 0. The maximum absolute atomic E-state index is 11.0. The Morgan fingerprint density at radius 3 is 2.43 bits per heavy atom. The van der Waals surface area contributed by atoms with E-state index in [1.54, 1.807) is 6.92 Å². The van der Waals surface area contributed by atoms with Crippen LogP contribution in [-0.4, -0.2) is 25.0 Å². The first kappa shape index (κ1) is 19.6. The van der Waals surface area contributed by atoms with Crippen LogP contribution in [0.25, 0.3) is 0 Å². The van der Waals surface area contributed by atoms with E-state index in [0.717, 1.165) is 0 Å². The quantitative estimate of drug-likeness (QED) is 0.506. The van der Waals surface area contributed by atoms with E-state index in [9.17, 15) is 9.59 Å².